The summed E-state index contributed by atoms with van der Waals surface area (Å²) in [6.07, 6.45) is 0. The Hall–Kier alpha value is -3.29. The number of sulfonamides is 1. The second-order valence-corrected chi connectivity index (χ2v) is 7.95. The van der Waals surface area contributed by atoms with Gasteiger partial charge in [0, 0.05) is 5.56 Å². The highest BCUT2D eigenvalue weighted by Crippen LogP contribution is 2.32. The first-order valence-corrected chi connectivity index (χ1v) is 10.1. The third-order valence-electron chi connectivity index (χ3n) is 4.49. The number of nitrogens with zero attached hydrogens (tertiary/aromatic N) is 2. The van der Waals surface area contributed by atoms with Crippen molar-refractivity contribution < 1.29 is 13.2 Å². The van der Waals surface area contributed by atoms with Crippen molar-refractivity contribution in [3.05, 3.63) is 90.0 Å². The average Bonchev–Trinajstić information content (AvgIpc) is 2.95. The normalized spacial score (nSPS) is 15.1. The first-order chi connectivity index (χ1) is 13.4. The number of benzene rings is 3. The van der Waals surface area contributed by atoms with Crippen LogP contribution in [0.3, 0.4) is 0 Å². The maximum absolute atomic E-state index is 13.1. The van der Waals surface area contributed by atoms with Crippen molar-refractivity contribution in [2.24, 2.45) is 10.1 Å². The largest absolute Gasteiger partial charge is 0.302 e. The molecule has 0 aromatic heterocycles. The number of hydrogen-bond donors (Lipinski definition) is 1. The van der Waals surface area contributed by atoms with Crippen LogP contribution in [0.15, 0.2) is 88.8 Å². The summed E-state index contributed by atoms with van der Waals surface area (Å²) in [5.74, 6) is -0.194. The minimum absolute atomic E-state index is 0.000280. The number of carbonyl (C=O) groups excluding carboxylic acids is 1. The van der Waals surface area contributed by atoms with Crippen LogP contribution in [0.1, 0.15) is 11.1 Å². The van der Waals surface area contributed by atoms with Crippen molar-refractivity contribution in [1.29, 1.82) is 0 Å². The molecule has 6 nitrogen and oxygen atoms in total. The minimum atomic E-state index is -3.77. The molecule has 7 heteroatoms. The number of carbonyl (C=O) groups is 1. The van der Waals surface area contributed by atoms with Gasteiger partial charge in [-0.15, -0.1) is 0 Å². The number of aliphatic imine (C=N–C) groups is 1. The second kappa shape index (κ2) is 7.03. The van der Waals surface area contributed by atoms with Crippen LogP contribution >= 0.6 is 0 Å². The molecule has 0 saturated heterocycles. The smallest absolute Gasteiger partial charge is 0.277 e. The van der Waals surface area contributed by atoms with E-state index in [9.17, 15) is 13.2 Å². The molecule has 4 rings (SSSR count). The van der Waals surface area contributed by atoms with Gasteiger partial charge in [0.25, 0.3) is 5.91 Å². The SMILES string of the molecule is NS(=O)(=O)c1ccc(N=C2C(=O)N(Cc3ccccc3)c3ccccc32)cc1. The van der Waals surface area contributed by atoms with E-state index in [0.29, 0.717) is 17.9 Å². The average molecular weight is 391 g/mol. The Balaban J connectivity index is 1.72. The quantitative estimate of drug-likeness (QED) is 0.741. The number of amides is 1. The highest BCUT2D eigenvalue weighted by atomic mass is 32.2. The fraction of sp³-hybridized carbons (Fsp3) is 0.0476. The molecule has 0 unspecified atom stereocenters. The van der Waals surface area contributed by atoms with Crippen LogP contribution in [0, 0.1) is 0 Å². The summed E-state index contributed by atoms with van der Waals surface area (Å²) in [4.78, 5) is 19.3. The third kappa shape index (κ3) is 3.45. The lowest BCUT2D eigenvalue weighted by atomic mass is 10.1. The van der Waals surface area contributed by atoms with Gasteiger partial charge in [-0.25, -0.2) is 18.5 Å². The van der Waals surface area contributed by atoms with Crippen LogP contribution in [0.2, 0.25) is 0 Å². The van der Waals surface area contributed by atoms with Gasteiger partial charge >= 0.3 is 0 Å². The second-order valence-electron chi connectivity index (χ2n) is 6.39. The molecular formula is C21H17N3O3S. The lowest BCUT2D eigenvalue weighted by Gasteiger charge is -2.16. The van der Waals surface area contributed by atoms with Gasteiger partial charge in [-0.1, -0.05) is 48.5 Å². The molecule has 1 amide bonds. The molecule has 28 heavy (non-hydrogen) atoms. The first-order valence-electron chi connectivity index (χ1n) is 8.60. The van der Waals surface area contributed by atoms with E-state index >= 15 is 0 Å². The van der Waals surface area contributed by atoms with Crippen LogP contribution in [0.25, 0.3) is 0 Å². The van der Waals surface area contributed by atoms with Gasteiger partial charge in [0.2, 0.25) is 10.0 Å². The summed E-state index contributed by atoms with van der Waals surface area (Å²) in [5.41, 5.74) is 3.38. The van der Waals surface area contributed by atoms with Crippen molar-refractivity contribution in [1.82, 2.24) is 0 Å². The van der Waals surface area contributed by atoms with Gasteiger partial charge < -0.3 is 4.90 Å². The van der Waals surface area contributed by atoms with Crippen molar-refractivity contribution >= 4 is 33.0 Å². The molecule has 0 atom stereocenters. The zero-order valence-corrected chi connectivity index (χ0v) is 15.6. The molecule has 1 aliphatic heterocycles. The monoisotopic (exact) mass is 391 g/mol. The topological polar surface area (TPSA) is 92.8 Å². The minimum Gasteiger partial charge on any atom is -0.302 e. The highest BCUT2D eigenvalue weighted by Gasteiger charge is 2.33. The molecule has 0 saturated carbocycles. The maximum atomic E-state index is 13.1. The molecule has 0 fully saturated rings. The standard InChI is InChI=1S/C21H17N3O3S/c22-28(26,27)17-12-10-16(11-13-17)23-20-18-8-4-5-9-19(18)24(21(20)25)14-15-6-2-1-3-7-15/h1-13H,14H2,(H2,22,26,27). The van der Waals surface area contributed by atoms with Crippen molar-refractivity contribution in [3.8, 4) is 0 Å². The summed E-state index contributed by atoms with van der Waals surface area (Å²) in [6.45, 7) is 0.445. The van der Waals surface area contributed by atoms with Gasteiger partial charge in [0.05, 0.1) is 22.8 Å². The van der Waals surface area contributed by atoms with E-state index in [1.807, 2.05) is 54.6 Å². The Morgan fingerprint density at radius 2 is 1.50 bits per heavy atom. The summed E-state index contributed by atoms with van der Waals surface area (Å²) in [6, 6.07) is 23.0. The van der Waals surface area contributed by atoms with Gasteiger partial charge in [-0.3, -0.25) is 4.79 Å². The van der Waals surface area contributed by atoms with Gasteiger partial charge in [0.15, 0.2) is 0 Å². The molecule has 2 N–H and O–H groups in total. The maximum Gasteiger partial charge on any atom is 0.277 e. The van der Waals surface area contributed by atoms with Crippen LogP contribution < -0.4 is 10.0 Å². The van der Waals surface area contributed by atoms with E-state index in [1.165, 1.54) is 24.3 Å². The highest BCUT2D eigenvalue weighted by molar-refractivity contribution is 7.89. The first kappa shape index (κ1) is 18.1. The van der Waals surface area contributed by atoms with Crippen LogP contribution in [0.4, 0.5) is 11.4 Å². The van der Waals surface area contributed by atoms with E-state index in [0.717, 1.165) is 16.8 Å². The zero-order valence-electron chi connectivity index (χ0n) is 14.8. The Bertz CT molecular complexity index is 1170. The Morgan fingerprint density at radius 3 is 2.18 bits per heavy atom. The number of fused-ring (bicyclic) bond motifs is 1. The van der Waals surface area contributed by atoms with Gasteiger partial charge in [0.1, 0.15) is 5.71 Å². The van der Waals surface area contributed by atoms with Gasteiger partial charge in [-0.05, 0) is 35.9 Å². The number of primary sulfonamides is 1. The molecule has 0 bridgehead atoms. The molecule has 0 spiro atoms. The fourth-order valence-electron chi connectivity index (χ4n) is 3.13. The number of para-hydroxylation sites is 1. The Morgan fingerprint density at radius 1 is 0.857 bits per heavy atom. The van der Waals surface area contributed by atoms with Crippen LogP contribution in [-0.4, -0.2) is 20.0 Å². The summed E-state index contributed by atoms with van der Waals surface area (Å²) < 4.78 is 22.8. The summed E-state index contributed by atoms with van der Waals surface area (Å²) >= 11 is 0. The molecule has 1 heterocycles. The Kier molecular flexibility index (Phi) is 4.54. The van der Waals surface area contributed by atoms with Crippen molar-refractivity contribution in [3.63, 3.8) is 0 Å². The van der Waals surface area contributed by atoms with E-state index in [1.54, 1.807) is 4.90 Å². The lowest BCUT2D eigenvalue weighted by molar-refractivity contribution is -0.112. The number of anilines is 1. The molecule has 3 aromatic rings. The Labute approximate surface area is 163 Å². The van der Waals surface area contributed by atoms with Crippen LogP contribution in [0.5, 0.6) is 0 Å². The fourth-order valence-corrected chi connectivity index (χ4v) is 3.65. The van der Waals surface area contributed by atoms with Crippen molar-refractivity contribution in [2.45, 2.75) is 11.4 Å². The van der Waals surface area contributed by atoms with Gasteiger partial charge in [-0.2, -0.15) is 0 Å². The van der Waals surface area contributed by atoms with Crippen LogP contribution in [-0.2, 0) is 21.4 Å². The molecule has 0 radical (unpaired) electrons. The third-order valence-corrected chi connectivity index (χ3v) is 5.42. The van der Waals surface area contributed by atoms with E-state index in [4.69, 9.17) is 5.14 Å². The lowest BCUT2D eigenvalue weighted by Crippen LogP contribution is -2.29. The van der Waals surface area contributed by atoms with E-state index in [2.05, 4.69) is 4.99 Å². The molecule has 3 aromatic carbocycles. The van der Waals surface area contributed by atoms with E-state index < -0.39 is 10.0 Å². The zero-order chi connectivity index (χ0) is 19.7. The number of hydrogen-bond acceptors (Lipinski definition) is 4. The summed E-state index contributed by atoms with van der Waals surface area (Å²) in [5, 5.41) is 5.12. The molecule has 1 aliphatic rings. The predicted molar refractivity (Wildman–Crippen MR) is 108 cm³/mol. The number of nitrogens with two attached hydrogens (primary N) is 1. The summed E-state index contributed by atoms with van der Waals surface area (Å²) in [7, 11) is -3.77. The molecule has 140 valence electrons. The number of rotatable bonds is 4. The predicted octanol–water partition coefficient (Wildman–Crippen LogP) is 3.00. The van der Waals surface area contributed by atoms with E-state index in [-0.39, 0.29) is 10.8 Å². The molecular weight excluding hydrogens is 374 g/mol. The van der Waals surface area contributed by atoms with Crippen molar-refractivity contribution in [2.75, 3.05) is 4.90 Å². The molecule has 0 aliphatic carbocycles.